The molecule has 1 unspecified atom stereocenters. The van der Waals surface area contributed by atoms with Crippen molar-refractivity contribution in [2.45, 2.75) is 12.5 Å². The fourth-order valence-corrected chi connectivity index (χ4v) is 2.10. The van der Waals surface area contributed by atoms with Gasteiger partial charge in [0.15, 0.2) is 0 Å². The Labute approximate surface area is 124 Å². The molecule has 0 saturated carbocycles. The van der Waals surface area contributed by atoms with Crippen LogP contribution in [0, 0.1) is 0 Å². The van der Waals surface area contributed by atoms with E-state index in [2.05, 4.69) is 5.32 Å². The first-order valence-electron chi connectivity index (χ1n) is 6.97. The number of aliphatic hydroxyl groups is 1. The van der Waals surface area contributed by atoms with E-state index in [1.54, 1.807) is 18.2 Å². The lowest BCUT2D eigenvalue weighted by atomic mass is 10.0. The lowest BCUT2D eigenvalue weighted by molar-refractivity contribution is 0.0944. The van der Waals surface area contributed by atoms with Crippen LogP contribution in [0.5, 0.6) is 0 Å². The number of nitrogens with one attached hydrogen (secondary N) is 1. The van der Waals surface area contributed by atoms with Crippen LogP contribution in [-0.2, 0) is 6.42 Å². The van der Waals surface area contributed by atoms with Gasteiger partial charge >= 0.3 is 0 Å². The zero-order chi connectivity index (χ0) is 14.9. The molecule has 0 aromatic heterocycles. The van der Waals surface area contributed by atoms with Crippen molar-refractivity contribution in [1.29, 1.82) is 0 Å². The molecule has 0 bridgehead atoms. The minimum absolute atomic E-state index is 0.0352. The van der Waals surface area contributed by atoms with Crippen molar-refractivity contribution in [1.82, 2.24) is 5.32 Å². The highest BCUT2D eigenvalue weighted by Crippen LogP contribution is 2.06. The fraction of sp³-hybridized carbons (Fsp3) is 0.167. The van der Waals surface area contributed by atoms with Crippen molar-refractivity contribution in [2.24, 2.45) is 0 Å². The molecule has 0 aliphatic rings. The van der Waals surface area contributed by atoms with Crippen LogP contribution in [0.3, 0.4) is 0 Å². The van der Waals surface area contributed by atoms with Crippen molar-refractivity contribution in [3.63, 3.8) is 0 Å². The lowest BCUT2D eigenvalue weighted by Gasteiger charge is -2.15. The van der Waals surface area contributed by atoms with E-state index < -0.39 is 0 Å². The van der Waals surface area contributed by atoms with Gasteiger partial charge in [-0.1, -0.05) is 60.7 Å². The summed E-state index contributed by atoms with van der Waals surface area (Å²) in [6.07, 6.45) is 4.17. The molecule has 108 valence electrons. The third kappa shape index (κ3) is 4.89. The van der Waals surface area contributed by atoms with Crippen LogP contribution in [0.1, 0.15) is 15.9 Å². The van der Waals surface area contributed by atoms with Gasteiger partial charge in [0.2, 0.25) is 0 Å². The number of hydrogen-bond donors (Lipinski definition) is 2. The summed E-state index contributed by atoms with van der Waals surface area (Å²) in [5.74, 6) is -0.112. The number of benzene rings is 2. The zero-order valence-electron chi connectivity index (χ0n) is 11.8. The lowest BCUT2D eigenvalue weighted by Crippen LogP contribution is -2.35. The van der Waals surface area contributed by atoms with Crippen molar-refractivity contribution in [3.8, 4) is 0 Å². The van der Waals surface area contributed by atoms with Crippen molar-refractivity contribution in [3.05, 3.63) is 83.9 Å². The van der Waals surface area contributed by atoms with E-state index in [1.165, 1.54) is 0 Å². The van der Waals surface area contributed by atoms with E-state index in [1.807, 2.05) is 54.6 Å². The molecule has 0 heterocycles. The zero-order valence-corrected chi connectivity index (χ0v) is 11.8. The first-order chi connectivity index (χ1) is 10.3. The minimum Gasteiger partial charge on any atom is -0.392 e. The molecule has 0 aliphatic heterocycles. The summed E-state index contributed by atoms with van der Waals surface area (Å²) in [7, 11) is 0. The van der Waals surface area contributed by atoms with Crippen LogP contribution in [0.2, 0.25) is 0 Å². The summed E-state index contributed by atoms with van der Waals surface area (Å²) in [6, 6.07) is 18.9. The standard InChI is InChI=1S/C18H19NO2/c20-13-7-12-17(14-15-8-3-1-4-9-15)19-18(21)16-10-5-2-6-11-16/h1-12,17,20H,13-14H2,(H,19,21). The Balaban J connectivity index is 2.06. The maximum atomic E-state index is 12.2. The Hall–Kier alpha value is -2.39. The third-order valence-electron chi connectivity index (χ3n) is 3.12. The Bertz CT molecular complexity index is 579. The summed E-state index contributed by atoms with van der Waals surface area (Å²) in [4.78, 5) is 12.2. The molecule has 1 amide bonds. The van der Waals surface area contributed by atoms with Gasteiger partial charge in [-0.3, -0.25) is 4.79 Å². The number of carbonyl (C=O) groups is 1. The smallest absolute Gasteiger partial charge is 0.251 e. The van der Waals surface area contributed by atoms with Crippen LogP contribution in [0.4, 0.5) is 0 Å². The molecule has 0 saturated heterocycles. The van der Waals surface area contributed by atoms with Gasteiger partial charge in [-0.15, -0.1) is 0 Å². The van der Waals surface area contributed by atoms with E-state index in [0.717, 1.165) is 5.56 Å². The van der Waals surface area contributed by atoms with Gasteiger partial charge in [0.1, 0.15) is 0 Å². The molecule has 2 N–H and O–H groups in total. The summed E-state index contributed by atoms with van der Waals surface area (Å²) in [5, 5.41) is 11.9. The number of amides is 1. The first kappa shape index (κ1) is 15.0. The highest BCUT2D eigenvalue weighted by molar-refractivity contribution is 5.94. The monoisotopic (exact) mass is 281 g/mol. The Morgan fingerprint density at radius 2 is 1.67 bits per heavy atom. The van der Waals surface area contributed by atoms with E-state index >= 15 is 0 Å². The van der Waals surface area contributed by atoms with Crippen LogP contribution >= 0.6 is 0 Å². The molecule has 0 radical (unpaired) electrons. The predicted molar refractivity (Wildman–Crippen MR) is 84.1 cm³/mol. The largest absolute Gasteiger partial charge is 0.392 e. The number of carbonyl (C=O) groups excluding carboxylic acids is 1. The van der Waals surface area contributed by atoms with Gasteiger partial charge in [-0.2, -0.15) is 0 Å². The van der Waals surface area contributed by atoms with Gasteiger partial charge < -0.3 is 10.4 Å². The highest BCUT2D eigenvalue weighted by atomic mass is 16.2. The van der Waals surface area contributed by atoms with E-state index in [-0.39, 0.29) is 18.6 Å². The fourth-order valence-electron chi connectivity index (χ4n) is 2.10. The second kappa shape index (κ2) is 8.02. The quantitative estimate of drug-likeness (QED) is 0.800. The van der Waals surface area contributed by atoms with E-state index in [0.29, 0.717) is 12.0 Å². The number of hydrogen-bond acceptors (Lipinski definition) is 2. The molecule has 2 aromatic rings. The van der Waals surface area contributed by atoms with Crippen molar-refractivity contribution >= 4 is 5.91 Å². The molecule has 21 heavy (non-hydrogen) atoms. The molecule has 3 nitrogen and oxygen atoms in total. The summed E-state index contributed by atoms with van der Waals surface area (Å²) in [6.45, 7) is -0.0352. The van der Waals surface area contributed by atoms with Gasteiger partial charge in [0.05, 0.1) is 12.6 Å². The van der Waals surface area contributed by atoms with Crippen LogP contribution in [0.15, 0.2) is 72.8 Å². The summed E-state index contributed by atoms with van der Waals surface area (Å²) in [5.41, 5.74) is 1.77. The summed E-state index contributed by atoms with van der Waals surface area (Å²) >= 11 is 0. The normalized spacial score (nSPS) is 12.2. The Kier molecular flexibility index (Phi) is 5.73. The Morgan fingerprint density at radius 1 is 1.05 bits per heavy atom. The molecule has 0 fully saturated rings. The minimum atomic E-state index is -0.146. The van der Waals surface area contributed by atoms with Gasteiger partial charge in [-0.05, 0) is 24.1 Å². The Morgan fingerprint density at radius 3 is 2.29 bits per heavy atom. The third-order valence-corrected chi connectivity index (χ3v) is 3.12. The maximum absolute atomic E-state index is 12.2. The number of aliphatic hydroxyl groups excluding tert-OH is 1. The topological polar surface area (TPSA) is 49.3 Å². The molecular weight excluding hydrogens is 262 g/mol. The van der Waals surface area contributed by atoms with Crippen molar-refractivity contribution in [2.75, 3.05) is 6.61 Å². The molecule has 0 aliphatic carbocycles. The second-order valence-electron chi connectivity index (χ2n) is 4.75. The maximum Gasteiger partial charge on any atom is 0.251 e. The van der Waals surface area contributed by atoms with Crippen LogP contribution in [-0.4, -0.2) is 23.7 Å². The highest BCUT2D eigenvalue weighted by Gasteiger charge is 2.11. The summed E-state index contributed by atoms with van der Waals surface area (Å²) < 4.78 is 0. The van der Waals surface area contributed by atoms with E-state index in [9.17, 15) is 4.79 Å². The SMILES string of the molecule is O=C(NC(C=CCO)Cc1ccccc1)c1ccccc1. The van der Waals surface area contributed by atoms with Crippen LogP contribution < -0.4 is 5.32 Å². The first-order valence-corrected chi connectivity index (χ1v) is 6.97. The molecule has 1 atom stereocenters. The predicted octanol–water partition coefficient (Wildman–Crippen LogP) is 2.58. The van der Waals surface area contributed by atoms with E-state index in [4.69, 9.17) is 5.11 Å². The number of rotatable bonds is 6. The van der Waals surface area contributed by atoms with Gasteiger partial charge in [0, 0.05) is 5.56 Å². The molecular formula is C18H19NO2. The molecule has 2 aromatic carbocycles. The van der Waals surface area contributed by atoms with Crippen molar-refractivity contribution < 1.29 is 9.90 Å². The second-order valence-corrected chi connectivity index (χ2v) is 4.75. The van der Waals surface area contributed by atoms with Gasteiger partial charge in [0.25, 0.3) is 5.91 Å². The molecule has 0 spiro atoms. The average molecular weight is 281 g/mol. The molecule has 2 rings (SSSR count). The van der Waals surface area contributed by atoms with Gasteiger partial charge in [-0.25, -0.2) is 0 Å². The average Bonchev–Trinajstić information content (AvgIpc) is 2.54. The van der Waals surface area contributed by atoms with Crippen LogP contribution in [0.25, 0.3) is 0 Å². The molecule has 3 heteroatoms.